The van der Waals surface area contributed by atoms with Crippen LogP contribution in [0, 0.1) is 0 Å². The fourth-order valence-electron chi connectivity index (χ4n) is 1.89. The fraction of sp³-hybridized carbons (Fsp3) is 0.188. The van der Waals surface area contributed by atoms with Crippen molar-refractivity contribution in [2.45, 2.75) is 9.79 Å². The number of carbonyl (C=O) groups is 1. The molecule has 0 spiro atoms. The fourth-order valence-corrected chi connectivity index (χ4v) is 3.92. The molecular weight excluding hydrogens is 386 g/mol. The van der Waals surface area contributed by atoms with E-state index in [1.807, 2.05) is 18.4 Å². The van der Waals surface area contributed by atoms with Crippen LogP contribution in [0.3, 0.4) is 0 Å². The Morgan fingerprint density at radius 3 is 2.60 bits per heavy atom. The number of benzene rings is 2. The van der Waals surface area contributed by atoms with Crippen LogP contribution in [0.25, 0.3) is 0 Å². The molecule has 1 N–H and O–H groups in total. The van der Waals surface area contributed by atoms with Crippen LogP contribution in [-0.2, 0) is 19.6 Å². The van der Waals surface area contributed by atoms with Gasteiger partial charge >= 0.3 is 5.97 Å². The lowest BCUT2D eigenvalue weighted by atomic mass is 10.3. The Labute approximate surface area is 155 Å². The van der Waals surface area contributed by atoms with E-state index in [1.165, 1.54) is 37.1 Å². The summed E-state index contributed by atoms with van der Waals surface area (Å²) in [7, 11) is -2.58. The molecule has 0 amide bonds. The first-order chi connectivity index (χ1) is 11.9. The predicted molar refractivity (Wildman–Crippen MR) is 98.0 cm³/mol. The van der Waals surface area contributed by atoms with Gasteiger partial charge in [0.1, 0.15) is 5.75 Å². The normalized spacial score (nSPS) is 11.0. The number of esters is 1. The third kappa shape index (κ3) is 5.04. The molecule has 0 saturated carbocycles. The highest BCUT2D eigenvalue weighted by molar-refractivity contribution is 7.99. The molecule has 0 aliphatic carbocycles. The molecule has 0 aliphatic rings. The number of halogens is 1. The number of ether oxygens (including phenoxy) is 2. The van der Waals surface area contributed by atoms with E-state index in [4.69, 9.17) is 16.3 Å². The number of hydrogen-bond acceptors (Lipinski definition) is 6. The summed E-state index contributed by atoms with van der Waals surface area (Å²) in [6.07, 6.45) is 1.86. The van der Waals surface area contributed by atoms with Crippen LogP contribution in [0.1, 0.15) is 0 Å². The van der Waals surface area contributed by atoms with E-state index in [0.29, 0.717) is 5.69 Å². The van der Waals surface area contributed by atoms with Gasteiger partial charge in [0.2, 0.25) is 0 Å². The second kappa shape index (κ2) is 8.46. The first-order valence-electron chi connectivity index (χ1n) is 7.02. The van der Waals surface area contributed by atoms with Gasteiger partial charge in [-0.2, -0.15) is 0 Å². The van der Waals surface area contributed by atoms with Gasteiger partial charge in [-0.25, -0.2) is 13.2 Å². The van der Waals surface area contributed by atoms with Gasteiger partial charge in [-0.3, -0.25) is 4.72 Å². The standard InChI is InChI=1S/C16H16ClNO5S2/c1-22-16(19)10-23-14-8-7-11(9-12(14)17)25(20,21)18-13-5-3-4-6-15(13)24-2/h3-9,18H,10H2,1-2H3. The number of carbonyl (C=O) groups excluding carboxylic acids is 1. The van der Waals surface area contributed by atoms with Gasteiger partial charge in [0.05, 0.1) is 22.7 Å². The third-order valence-electron chi connectivity index (χ3n) is 3.14. The molecule has 2 aromatic rings. The van der Waals surface area contributed by atoms with Crippen LogP contribution >= 0.6 is 23.4 Å². The molecule has 134 valence electrons. The van der Waals surface area contributed by atoms with Gasteiger partial charge < -0.3 is 9.47 Å². The van der Waals surface area contributed by atoms with Gasteiger partial charge in [0.15, 0.2) is 6.61 Å². The maximum Gasteiger partial charge on any atom is 0.343 e. The van der Waals surface area contributed by atoms with Crippen LogP contribution < -0.4 is 9.46 Å². The molecule has 0 bridgehead atoms. The van der Waals surface area contributed by atoms with Crippen molar-refractivity contribution >= 4 is 45.0 Å². The van der Waals surface area contributed by atoms with Gasteiger partial charge in [-0.05, 0) is 36.6 Å². The Bertz CT molecular complexity index is 871. The third-order valence-corrected chi connectivity index (χ3v) is 5.59. The maximum absolute atomic E-state index is 12.6. The molecule has 0 aliphatic heterocycles. The Morgan fingerprint density at radius 2 is 1.96 bits per heavy atom. The molecule has 0 aromatic heterocycles. The zero-order valence-electron chi connectivity index (χ0n) is 13.5. The minimum Gasteiger partial charge on any atom is -0.480 e. The topological polar surface area (TPSA) is 81.7 Å². The van der Waals surface area contributed by atoms with E-state index >= 15 is 0 Å². The quantitative estimate of drug-likeness (QED) is 0.565. The molecule has 0 unspecified atom stereocenters. The van der Waals surface area contributed by atoms with Gasteiger partial charge in [0.25, 0.3) is 10.0 Å². The summed E-state index contributed by atoms with van der Waals surface area (Å²) < 4.78 is 37.3. The average Bonchev–Trinajstić information content (AvgIpc) is 2.60. The van der Waals surface area contributed by atoms with Crippen LogP contribution in [0.15, 0.2) is 52.3 Å². The second-order valence-electron chi connectivity index (χ2n) is 4.76. The highest BCUT2D eigenvalue weighted by atomic mass is 35.5. The minimum atomic E-state index is -3.82. The molecule has 25 heavy (non-hydrogen) atoms. The smallest absolute Gasteiger partial charge is 0.343 e. The van der Waals surface area contributed by atoms with E-state index in [2.05, 4.69) is 9.46 Å². The van der Waals surface area contributed by atoms with Crippen molar-refractivity contribution in [2.24, 2.45) is 0 Å². The molecule has 6 nitrogen and oxygen atoms in total. The van der Waals surface area contributed by atoms with Crippen LogP contribution in [0.5, 0.6) is 5.75 Å². The van der Waals surface area contributed by atoms with Crippen molar-refractivity contribution in [1.82, 2.24) is 0 Å². The molecule has 0 radical (unpaired) electrons. The summed E-state index contributed by atoms with van der Waals surface area (Å²) in [6, 6.07) is 11.1. The minimum absolute atomic E-state index is 0.0150. The first kappa shape index (κ1) is 19.4. The van der Waals surface area contributed by atoms with Gasteiger partial charge in [-0.1, -0.05) is 23.7 Å². The maximum atomic E-state index is 12.6. The monoisotopic (exact) mass is 401 g/mol. The van der Waals surface area contributed by atoms with Crippen molar-refractivity contribution < 1.29 is 22.7 Å². The number of methoxy groups -OCH3 is 1. The van der Waals surface area contributed by atoms with Crippen LogP contribution in [0.2, 0.25) is 5.02 Å². The molecule has 9 heteroatoms. The summed E-state index contributed by atoms with van der Waals surface area (Å²) in [5.74, 6) is -0.376. The molecule has 0 atom stereocenters. The number of anilines is 1. The lowest BCUT2D eigenvalue weighted by molar-refractivity contribution is -0.142. The molecule has 0 saturated heterocycles. The largest absolute Gasteiger partial charge is 0.480 e. The van der Waals surface area contributed by atoms with Gasteiger partial charge in [-0.15, -0.1) is 11.8 Å². The summed E-state index contributed by atoms with van der Waals surface area (Å²) in [4.78, 5) is 11.9. The van der Waals surface area contributed by atoms with Crippen molar-refractivity contribution in [3.05, 3.63) is 47.5 Å². The van der Waals surface area contributed by atoms with E-state index in [-0.39, 0.29) is 22.3 Å². The Morgan fingerprint density at radius 1 is 1.24 bits per heavy atom. The van der Waals surface area contributed by atoms with Crippen LogP contribution in [0.4, 0.5) is 5.69 Å². The molecular formula is C16H16ClNO5S2. The number of hydrogen-bond donors (Lipinski definition) is 1. The Hall–Kier alpha value is -1.90. The van der Waals surface area contributed by atoms with Crippen LogP contribution in [-0.4, -0.2) is 34.4 Å². The molecule has 0 heterocycles. The molecule has 2 rings (SSSR count). The highest BCUT2D eigenvalue weighted by Crippen LogP contribution is 2.30. The van der Waals surface area contributed by atoms with E-state index in [0.717, 1.165) is 4.90 Å². The Balaban J connectivity index is 2.22. The van der Waals surface area contributed by atoms with Gasteiger partial charge in [0, 0.05) is 4.90 Å². The lowest BCUT2D eigenvalue weighted by Crippen LogP contribution is -2.14. The predicted octanol–water partition coefficient (Wildman–Crippen LogP) is 3.41. The van der Waals surface area contributed by atoms with E-state index < -0.39 is 16.0 Å². The number of rotatable bonds is 7. The zero-order valence-corrected chi connectivity index (χ0v) is 15.9. The van der Waals surface area contributed by atoms with Crippen molar-refractivity contribution in [1.29, 1.82) is 0 Å². The Kier molecular flexibility index (Phi) is 6.57. The molecule has 2 aromatic carbocycles. The molecule has 0 fully saturated rings. The first-order valence-corrected chi connectivity index (χ1v) is 10.1. The average molecular weight is 402 g/mol. The number of para-hydroxylation sites is 1. The zero-order chi connectivity index (χ0) is 18.4. The summed E-state index contributed by atoms with van der Waals surface area (Å²) in [5, 5.41) is 0.0740. The number of thioether (sulfide) groups is 1. The van der Waals surface area contributed by atoms with Crippen molar-refractivity contribution in [3.63, 3.8) is 0 Å². The van der Waals surface area contributed by atoms with E-state index in [9.17, 15) is 13.2 Å². The van der Waals surface area contributed by atoms with Crippen molar-refractivity contribution in [2.75, 3.05) is 24.7 Å². The van der Waals surface area contributed by atoms with E-state index in [1.54, 1.807) is 12.1 Å². The number of sulfonamides is 1. The highest BCUT2D eigenvalue weighted by Gasteiger charge is 2.18. The summed E-state index contributed by atoms with van der Waals surface area (Å²) >= 11 is 7.48. The SMILES string of the molecule is COC(=O)COc1ccc(S(=O)(=O)Nc2ccccc2SC)cc1Cl. The lowest BCUT2D eigenvalue weighted by Gasteiger charge is -2.12. The second-order valence-corrected chi connectivity index (χ2v) is 7.70. The number of nitrogens with one attached hydrogen (secondary N) is 1. The summed E-state index contributed by atoms with van der Waals surface area (Å²) in [6.45, 7) is -0.318. The summed E-state index contributed by atoms with van der Waals surface area (Å²) in [5.41, 5.74) is 0.483. The van der Waals surface area contributed by atoms with Crippen molar-refractivity contribution in [3.8, 4) is 5.75 Å².